The fourth-order valence-electron chi connectivity index (χ4n) is 2.74. The largest absolute Gasteiger partial charge is 0.465 e. The van der Waals surface area contributed by atoms with Gasteiger partial charge in [-0.05, 0) is 37.0 Å². The molecule has 1 heterocycles. The lowest BCUT2D eigenvalue weighted by molar-refractivity contribution is -0.114. The molecular formula is C21H21N3O3. The molecule has 0 spiro atoms. The number of amides is 1. The van der Waals surface area contributed by atoms with Gasteiger partial charge < -0.3 is 20.9 Å². The van der Waals surface area contributed by atoms with Crippen LogP contribution in [0.5, 0.6) is 0 Å². The first-order valence-electron chi connectivity index (χ1n) is 8.56. The molecule has 27 heavy (non-hydrogen) atoms. The summed E-state index contributed by atoms with van der Waals surface area (Å²) in [5.74, 6) is 0.498. The average Bonchev–Trinajstić information content (AvgIpc) is 2.68. The zero-order valence-corrected chi connectivity index (χ0v) is 15.0. The molecule has 2 aliphatic rings. The van der Waals surface area contributed by atoms with Crippen molar-refractivity contribution >= 4 is 23.7 Å². The maximum atomic E-state index is 12.0. The lowest BCUT2D eigenvalue weighted by Crippen LogP contribution is -2.24. The van der Waals surface area contributed by atoms with Gasteiger partial charge >= 0.3 is 0 Å². The molecule has 0 aromatic heterocycles. The van der Waals surface area contributed by atoms with E-state index in [1.807, 2.05) is 36.4 Å². The molecule has 0 saturated heterocycles. The predicted octanol–water partition coefficient (Wildman–Crippen LogP) is 3.35. The number of hydrogen-bond acceptors (Lipinski definition) is 3. The molecule has 0 unspecified atom stereocenters. The molecule has 138 valence electrons. The normalized spacial score (nSPS) is 16.3. The molecule has 0 saturated carbocycles. The molecule has 0 fully saturated rings. The summed E-state index contributed by atoms with van der Waals surface area (Å²) in [6, 6.07) is 7.55. The number of hydrogen-bond donors (Lipinski definition) is 2. The summed E-state index contributed by atoms with van der Waals surface area (Å²) in [7, 11) is 0. The van der Waals surface area contributed by atoms with Gasteiger partial charge in [-0.1, -0.05) is 42.5 Å². The average molecular weight is 363 g/mol. The van der Waals surface area contributed by atoms with Crippen molar-refractivity contribution in [3.8, 4) is 0 Å². The fraction of sp³-hybridized carbons (Fsp3) is 0.143. The van der Waals surface area contributed by atoms with E-state index in [4.69, 9.17) is 20.9 Å². The Bertz CT molecular complexity index is 930. The Morgan fingerprint density at radius 1 is 1.19 bits per heavy atom. The number of ether oxygens (including phenoxy) is 2. The van der Waals surface area contributed by atoms with E-state index in [1.165, 1.54) is 0 Å². The molecule has 4 N–H and O–H groups in total. The standard InChI is InChI=1S/C21H21N3O3/c1-14(20(25)24-21(22)23)11-16-9-5-6-10-17(16)19-13-26-12-18(27-19)15-7-3-2-4-8-15/h2-3,5-7,9-13H,4,8H2,1H3,(H4,22,23,24,25)/b14-11+. The Kier molecular flexibility index (Phi) is 5.56. The van der Waals surface area contributed by atoms with Crippen LogP contribution in [0.3, 0.4) is 0 Å². The van der Waals surface area contributed by atoms with Crippen molar-refractivity contribution in [1.29, 1.82) is 0 Å². The predicted molar refractivity (Wildman–Crippen MR) is 106 cm³/mol. The SMILES string of the molecule is C/C(=C\c1ccccc1C1=COC=C(C2=CC=CCC2)O1)C(=O)N=C(N)N. The molecule has 6 heteroatoms. The third-order valence-electron chi connectivity index (χ3n) is 4.07. The molecule has 1 aliphatic heterocycles. The minimum Gasteiger partial charge on any atom is -0.465 e. The monoisotopic (exact) mass is 363 g/mol. The fourth-order valence-corrected chi connectivity index (χ4v) is 2.74. The Hall–Kier alpha value is -3.54. The van der Waals surface area contributed by atoms with E-state index in [0.717, 1.165) is 29.5 Å². The smallest absolute Gasteiger partial charge is 0.275 e. The third kappa shape index (κ3) is 4.55. The Labute approximate surface area is 157 Å². The highest BCUT2D eigenvalue weighted by atomic mass is 16.5. The van der Waals surface area contributed by atoms with E-state index < -0.39 is 5.91 Å². The summed E-state index contributed by atoms with van der Waals surface area (Å²) in [5.41, 5.74) is 13.6. The second-order valence-corrected chi connectivity index (χ2v) is 6.12. The highest BCUT2D eigenvalue weighted by Crippen LogP contribution is 2.32. The number of nitrogens with zero attached hydrogens (tertiary/aromatic N) is 1. The zero-order valence-electron chi connectivity index (χ0n) is 15.0. The van der Waals surface area contributed by atoms with E-state index in [9.17, 15) is 4.79 Å². The molecule has 1 amide bonds. The van der Waals surface area contributed by atoms with Crippen molar-refractivity contribution in [3.05, 3.63) is 83.0 Å². The van der Waals surface area contributed by atoms with Crippen LogP contribution >= 0.6 is 0 Å². The summed E-state index contributed by atoms with van der Waals surface area (Å²) in [4.78, 5) is 15.6. The zero-order chi connectivity index (χ0) is 19.2. The highest BCUT2D eigenvalue weighted by Gasteiger charge is 2.18. The van der Waals surface area contributed by atoms with Gasteiger partial charge in [0.25, 0.3) is 5.91 Å². The molecule has 1 aromatic rings. The number of rotatable bonds is 4. The maximum Gasteiger partial charge on any atom is 0.275 e. The number of aliphatic imine (C=N–C) groups is 1. The van der Waals surface area contributed by atoms with Gasteiger partial charge in [0.15, 0.2) is 17.5 Å². The lowest BCUT2D eigenvalue weighted by Gasteiger charge is -2.20. The van der Waals surface area contributed by atoms with Crippen LogP contribution in [-0.2, 0) is 14.3 Å². The van der Waals surface area contributed by atoms with Crippen molar-refractivity contribution in [2.24, 2.45) is 16.5 Å². The van der Waals surface area contributed by atoms with E-state index in [2.05, 4.69) is 11.1 Å². The third-order valence-corrected chi connectivity index (χ3v) is 4.07. The van der Waals surface area contributed by atoms with E-state index in [0.29, 0.717) is 17.1 Å². The van der Waals surface area contributed by atoms with Gasteiger partial charge in [-0.25, -0.2) is 0 Å². The second-order valence-electron chi connectivity index (χ2n) is 6.12. The number of carbonyl (C=O) groups is 1. The molecule has 1 aliphatic carbocycles. The van der Waals surface area contributed by atoms with Crippen molar-refractivity contribution in [2.45, 2.75) is 19.8 Å². The number of allylic oxidation sites excluding steroid dienone is 4. The van der Waals surface area contributed by atoms with Gasteiger partial charge in [-0.3, -0.25) is 4.79 Å². The molecule has 0 atom stereocenters. The molecule has 0 radical (unpaired) electrons. The van der Waals surface area contributed by atoms with Crippen LogP contribution in [0.15, 0.2) is 76.9 Å². The van der Waals surface area contributed by atoms with Crippen LogP contribution < -0.4 is 11.5 Å². The van der Waals surface area contributed by atoms with Gasteiger partial charge in [-0.15, -0.1) is 0 Å². The number of nitrogens with two attached hydrogens (primary N) is 2. The van der Waals surface area contributed by atoms with E-state index in [-0.39, 0.29) is 5.96 Å². The number of benzene rings is 1. The van der Waals surface area contributed by atoms with Crippen LogP contribution in [-0.4, -0.2) is 11.9 Å². The Morgan fingerprint density at radius 2 is 1.96 bits per heavy atom. The second kappa shape index (κ2) is 8.23. The van der Waals surface area contributed by atoms with Crippen molar-refractivity contribution in [2.75, 3.05) is 0 Å². The summed E-state index contributed by atoms with van der Waals surface area (Å²) in [5, 5.41) is 0. The van der Waals surface area contributed by atoms with Crippen LogP contribution in [0, 0.1) is 0 Å². The Balaban J connectivity index is 1.87. The lowest BCUT2D eigenvalue weighted by atomic mass is 10.0. The maximum absolute atomic E-state index is 12.0. The highest BCUT2D eigenvalue weighted by molar-refractivity contribution is 6.04. The van der Waals surface area contributed by atoms with Gasteiger partial charge in [0, 0.05) is 11.1 Å². The summed E-state index contributed by atoms with van der Waals surface area (Å²) in [6.45, 7) is 1.66. The van der Waals surface area contributed by atoms with E-state index in [1.54, 1.807) is 25.5 Å². The topological polar surface area (TPSA) is 99.9 Å². The van der Waals surface area contributed by atoms with Crippen molar-refractivity contribution < 1.29 is 14.3 Å². The molecule has 6 nitrogen and oxygen atoms in total. The summed E-state index contributed by atoms with van der Waals surface area (Å²) >= 11 is 0. The van der Waals surface area contributed by atoms with Gasteiger partial charge in [0.2, 0.25) is 0 Å². The van der Waals surface area contributed by atoms with E-state index >= 15 is 0 Å². The Morgan fingerprint density at radius 3 is 2.70 bits per heavy atom. The minimum absolute atomic E-state index is 0.266. The molecule has 1 aromatic carbocycles. The summed E-state index contributed by atoms with van der Waals surface area (Å²) < 4.78 is 11.6. The minimum atomic E-state index is -0.487. The summed E-state index contributed by atoms with van der Waals surface area (Å²) in [6.07, 6.45) is 12.9. The van der Waals surface area contributed by atoms with Gasteiger partial charge in [0.1, 0.15) is 12.5 Å². The molecular weight excluding hydrogens is 342 g/mol. The van der Waals surface area contributed by atoms with Crippen LogP contribution in [0.2, 0.25) is 0 Å². The molecule has 0 bridgehead atoms. The van der Waals surface area contributed by atoms with Crippen LogP contribution in [0.25, 0.3) is 11.8 Å². The number of carbonyl (C=O) groups excluding carboxylic acids is 1. The van der Waals surface area contributed by atoms with Crippen LogP contribution in [0.1, 0.15) is 30.9 Å². The quantitative estimate of drug-likeness (QED) is 0.485. The molecule has 3 rings (SSSR count). The first-order chi connectivity index (χ1) is 13.0. The van der Waals surface area contributed by atoms with Crippen molar-refractivity contribution in [1.82, 2.24) is 0 Å². The number of guanidine groups is 1. The first-order valence-corrected chi connectivity index (χ1v) is 8.56. The van der Waals surface area contributed by atoms with Crippen molar-refractivity contribution in [3.63, 3.8) is 0 Å². The first kappa shape index (κ1) is 18.3. The van der Waals surface area contributed by atoms with Crippen LogP contribution in [0.4, 0.5) is 0 Å². The van der Waals surface area contributed by atoms with Gasteiger partial charge in [0.05, 0.1) is 0 Å². The van der Waals surface area contributed by atoms with Gasteiger partial charge in [-0.2, -0.15) is 4.99 Å².